The van der Waals surface area contributed by atoms with Crippen LogP contribution in [0, 0.1) is 0 Å². The quantitative estimate of drug-likeness (QED) is 0.534. The van der Waals surface area contributed by atoms with Crippen molar-refractivity contribution in [2.75, 3.05) is 32.1 Å². The van der Waals surface area contributed by atoms with Crippen molar-refractivity contribution >= 4 is 11.6 Å². The number of hydrogen-bond donors (Lipinski definition) is 1. The molecule has 7 heteroatoms. The first-order valence-corrected chi connectivity index (χ1v) is 11.3. The fraction of sp³-hybridized carbons (Fsp3) is 0.296. The van der Waals surface area contributed by atoms with Gasteiger partial charge in [-0.15, -0.1) is 0 Å². The molecule has 1 amide bonds. The number of nitrogens with zero attached hydrogens (tertiary/aromatic N) is 2. The third-order valence-electron chi connectivity index (χ3n) is 6.33. The van der Waals surface area contributed by atoms with Gasteiger partial charge in [0.2, 0.25) is 0 Å². The summed E-state index contributed by atoms with van der Waals surface area (Å²) in [5.74, 6) is -0.722. The maximum Gasteiger partial charge on any atom is 0.417 e. The number of rotatable bonds is 6. The van der Waals surface area contributed by atoms with Crippen LogP contribution in [0.25, 0.3) is 0 Å². The number of carbonyl (C=O) groups excluding carboxylic acids is 1. The van der Waals surface area contributed by atoms with Crippen molar-refractivity contribution in [3.05, 3.63) is 101 Å². The second-order valence-corrected chi connectivity index (χ2v) is 8.74. The number of nitrogens with one attached hydrogen (secondary N) is 1. The van der Waals surface area contributed by atoms with E-state index in [1.54, 1.807) is 0 Å². The highest BCUT2D eigenvalue weighted by Gasteiger charge is 2.35. The number of fused-ring (bicyclic) bond motifs is 1. The second-order valence-electron chi connectivity index (χ2n) is 8.74. The molecule has 4 nitrogen and oxygen atoms in total. The summed E-state index contributed by atoms with van der Waals surface area (Å²) < 4.78 is 40.2. The van der Waals surface area contributed by atoms with Gasteiger partial charge in [0.1, 0.15) is 0 Å². The third kappa shape index (κ3) is 5.25. The van der Waals surface area contributed by atoms with E-state index < -0.39 is 17.6 Å². The van der Waals surface area contributed by atoms with Gasteiger partial charge >= 0.3 is 6.18 Å². The van der Waals surface area contributed by atoms with Crippen LogP contribution in [0.5, 0.6) is 0 Å². The number of hydrogen-bond acceptors (Lipinski definition) is 3. The predicted octanol–water partition coefficient (Wildman–Crippen LogP) is 5.30. The Balaban J connectivity index is 1.59. The molecule has 1 N–H and O–H groups in total. The molecule has 3 aromatic carbocycles. The Labute approximate surface area is 198 Å². The van der Waals surface area contributed by atoms with Crippen LogP contribution in [0.15, 0.2) is 72.8 Å². The van der Waals surface area contributed by atoms with Crippen molar-refractivity contribution in [3.8, 4) is 0 Å². The fourth-order valence-corrected chi connectivity index (χ4v) is 4.45. The Morgan fingerprint density at radius 1 is 0.971 bits per heavy atom. The van der Waals surface area contributed by atoms with E-state index in [-0.39, 0.29) is 18.2 Å². The lowest BCUT2D eigenvalue weighted by Crippen LogP contribution is -2.41. The van der Waals surface area contributed by atoms with Gasteiger partial charge in [0.05, 0.1) is 17.2 Å². The second kappa shape index (κ2) is 9.89. The summed E-state index contributed by atoms with van der Waals surface area (Å²) in [6, 6.07) is 21.1. The molecule has 0 aliphatic carbocycles. The maximum atomic E-state index is 13.4. The van der Waals surface area contributed by atoms with Crippen LogP contribution in [-0.4, -0.2) is 38.0 Å². The normalized spacial score (nSPS) is 14.9. The standard InChI is InChI=1S/C27H28F3N3O/c1-32(2)22-13-11-20(12-14-22)25(33-16-15-19-7-3-4-8-21(19)18-33)17-31-26(34)23-9-5-6-10-24(23)27(28,29)30/h3-14,25H,15-18H2,1-2H3,(H,31,34). The fourth-order valence-electron chi connectivity index (χ4n) is 4.45. The maximum absolute atomic E-state index is 13.4. The van der Waals surface area contributed by atoms with E-state index in [1.807, 2.05) is 55.4 Å². The third-order valence-corrected chi connectivity index (χ3v) is 6.33. The van der Waals surface area contributed by atoms with Crippen molar-refractivity contribution < 1.29 is 18.0 Å². The summed E-state index contributed by atoms with van der Waals surface area (Å²) in [6.45, 7) is 1.71. The highest BCUT2D eigenvalue weighted by Crippen LogP contribution is 2.32. The van der Waals surface area contributed by atoms with E-state index in [2.05, 4.69) is 22.3 Å². The van der Waals surface area contributed by atoms with Gasteiger partial charge in [0.15, 0.2) is 0 Å². The summed E-state index contributed by atoms with van der Waals surface area (Å²) in [7, 11) is 3.93. The molecule has 0 radical (unpaired) electrons. The highest BCUT2D eigenvalue weighted by molar-refractivity contribution is 5.95. The molecule has 34 heavy (non-hydrogen) atoms. The zero-order valence-corrected chi connectivity index (χ0v) is 19.3. The molecule has 1 aliphatic heterocycles. The van der Waals surface area contributed by atoms with Gasteiger partial charge in [-0.1, -0.05) is 48.5 Å². The van der Waals surface area contributed by atoms with Gasteiger partial charge < -0.3 is 10.2 Å². The minimum atomic E-state index is -4.59. The van der Waals surface area contributed by atoms with Crippen LogP contribution in [0.2, 0.25) is 0 Å². The first-order chi connectivity index (χ1) is 16.2. The molecule has 1 heterocycles. The Morgan fingerprint density at radius 2 is 1.62 bits per heavy atom. The lowest BCUT2D eigenvalue weighted by molar-refractivity contribution is -0.137. The molecule has 4 rings (SSSR count). The van der Waals surface area contributed by atoms with E-state index >= 15 is 0 Å². The van der Waals surface area contributed by atoms with Gasteiger partial charge in [0, 0.05) is 39.4 Å². The summed E-state index contributed by atoms with van der Waals surface area (Å²) in [5.41, 5.74) is 3.32. The minimum absolute atomic E-state index is 0.174. The predicted molar refractivity (Wildman–Crippen MR) is 128 cm³/mol. The first kappa shape index (κ1) is 23.8. The van der Waals surface area contributed by atoms with Gasteiger partial charge in [-0.25, -0.2) is 0 Å². The van der Waals surface area contributed by atoms with Crippen LogP contribution in [0.4, 0.5) is 18.9 Å². The summed E-state index contributed by atoms with van der Waals surface area (Å²) >= 11 is 0. The smallest absolute Gasteiger partial charge is 0.378 e. The van der Waals surface area contributed by atoms with Crippen molar-refractivity contribution in [1.29, 1.82) is 0 Å². The molecular weight excluding hydrogens is 439 g/mol. The Hall–Kier alpha value is -3.32. The van der Waals surface area contributed by atoms with Crippen molar-refractivity contribution in [1.82, 2.24) is 10.2 Å². The molecule has 3 aromatic rings. The zero-order chi connectivity index (χ0) is 24.3. The lowest BCUT2D eigenvalue weighted by atomic mass is 9.96. The molecule has 0 fully saturated rings. The van der Waals surface area contributed by atoms with Crippen LogP contribution in [0.1, 0.15) is 38.7 Å². The van der Waals surface area contributed by atoms with Crippen molar-refractivity contribution in [3.63, 3.8) is 0 Å². The van der Waals surface area contributed by atoms with E-state index in [4.69, 9.17) is 0 Å². The van der Waals surface area contributed by atoms with E-state index in [0.29, 0.717) is 6.54 Å². The van der Waals surface area contributed by atoms with E-state index in [1.165, 1.54) is 29.3 Å². The van der Waals surface area contributed by atoms with Gasteiger partial charge in [-0.2, -0.15) is 13.2 Å². The summed E-state index contributed by atoms with van der Waals surface area (Å²) in [4.78, 5) is 17.1. The molecule has 178 valence electrons. The van der Waals surface area contributed by atoms with Crippen LogP contribution in [0.3, 0.4) is 0 Å². The van der Waals surface area contributed by atoms with Crippen LogP contribution < -0.4 is 10.2 Å². The molecule has 0 saturated heterocycles. The number of carbonyl (C=O) groups is 1. The number of amides is 1. The van der Waals surface area contributed by atoms with Gasteiger partial charge in [-0.05, 0) is 47.4 Å². The van der Waals surface area contributed by atoms with E-state index in [0.717, 1.165) is 30.3 Å². The van der Waals surface area contributed by atoms with Gasteiger partial charge in [-0.3, -0.25) is 9.69 Å². The summed E-state index contributed by atoms with van der Waals surface area (Å²) in [5, 5.41) is 2.78. The number of alkyl halides is 3. The monoisotopic (exact) mass is 467 g/mol. The number of halogens is 3. The van der Waals surface area contributed by atoms with Crippen molar-refractivity contribution in [2.24, 2.45) is 0 Å². The lowest BCUT2D eigenvalue weighted by Gasteiger charge is -2.36. The first-order valence-electron chi connectivity index (χ1n) is 11.3. The molecule has 1 atom stereocenters. The van der Waals surface area contributed by atoms with E-state index in [9.17, 15) is 18.0 Å². The average molecular weight is 468 g/mol. The number of benzene rings is 3. The van der Waals surface area contributed by atoms with Crippen LogP contribution in [-0.2, 0) is 19.1 Å². The molecular formula is C27H28F3N3O. The zero-order valence-electron chi connectivity index (χ0n) is 19.3. The molecule has 0 spiro atoms. The molecule has 1 unspecified atom stereocenters. The SMILES string of the molecule is CN(C)c1ccc(C(CNC(=O)c2ccccc2C(F)(F)F)N2CCc3ccccc3C2)cc1. The average Bonchev–Trinajstić information content (AvgIpc) is 2.83. The Morgan fingerprint density at radius 3 is 2.29 bits per heavy atom. The topological polar surface area (TPSA) is 35.6 Å². The molecule has 0 aromatic heterocycles. The van der Waals surface area contributed by atoms with Gasteiger partial charge in [0.25, 0.3) is 5.91 Å². The largest absolute Gasteiger partial charge is 0.417 e. The Kier molecular flexibility index (Phi) is 6.93. The summed E-state index contributed by atoms with van der Waals surface area (Å²) in [6.07, 6.45) is -3.71. The minimum Gasteiger partial charge on any atom is -0.378 e. The number of anilines is 1. The van der Waals surface area contributed by atoms with Crippen molar-refractivity contribution in [2.45, 2.75) is 25.2 Å². The Bertz CT molecular complexity index is 1140. The van der Waals surface area contributed by atoms with Crippen LogP contribution >= 0.6 is 0 Å². The molecule has 0 saturated carbocycles. The highest BCUT2D eigenvalue weighted by atomic mass is 19.4. The molecule has 0 bridgehead atoms. The molecule has 1 aliphatic rings.